The van der Waals surface area contributed by atoms with Crippen LogP contribution in [0.5, 0.6) is 0 Å². The molecule has 7 nitrogen and oxygen atoms in total. The minimum Gasteiger partial charge on any atom is -0.478 e. The molecule has 2 aromatic carbocycles. The van der Waals surface area contributed by atoms with Crippen LogP contribution in [0.25, 0.3) is 17.4 Å². The van der Waals surface area contributed by atoms with E-state index in [1.165, 1.54) is 24.3 Å². The van der Waals surface area contributed by atoms with Gasteiger partial charge in [0.2, 0.25) is 0 Å². The van der Waals surface area contributed by atoms with E-state index in [2.05, 4.69) is 5.32 Å². The number of benzene rings is 2. The molecule has 1 fully saturated rings. The van der Waals surface area contributed by atoms with Gasteiger partial charge in [-0.1, -0.05) is 12.1 Å². The molecule has 1 saturated heterocycles. The van der Waals surface area contributed by atoms with Gasteiger partial charge in [-0.2, -0.15) is 13.2 Å². The Morgan fingerprint density at radius 3 is 2.51 bits per heavy atom. The first kappa shape index (κ1) is 23.9. The molecule has 11 heteroatoms. The van der Waals surface area contributed by atoms with E-state index in [0.29, 0.717) is 16.9 Å². The second-order valence-electron chi connectivity index (χ2n) is 7.54. The molecule has 0 bridgehead atoms. The molecule has 0 radical (unpaired) electrons. The number of rotatable bonds is 4. The lowest BCUT2D eigenvalue weighted by molar-refractivity contribution is -0.137. The number of nitrogens with zero attached hydrogens (tertiary/aromatic N) is 1. The number of thiocarbonyl (C=S) groups is 1. The maximum atomic E-state index is 13.1. The Labute approximate surface area is 201 Å². The summed E-state index contributed by atoms with van der Waals surface area (Å²) in [6.07, 6.45) is -3.48. The number of aryl methyl sites for hydroxylation is 1. The standard InChI is InChI=1S/C24H15F3N2O5S/c1-12-9-13(22(32)33)5-7-17(12)19-8-6-16(34-19)11-18-20(30)28-23(35)29(21(18)31)15-4-2-3-14(10-15)24(25,26)27/h2-11H,1H3,(H,32,33)(H,28,30,35)/b18-11+. The van der Waals surface area contributed by atoms with Crippen LogP contribution in [0.4, 0.5) is 18.9 Å². The van der Waals surface area contributed by atoms with E-state index in [-0.39, 0.29) is 22.1 Å². The zero-order chi connectivity index (χ0) is 25.5. The van der Waals surface area contributed by atoms with Crippen molar-refractivity contribution in [3.8, 4) is 11.3 Å². The van der Waals surface area contributed by atoms with E-state index >= 15 is 0 Å². The maximum Gasteiger partial charge on any atom is 0.416 e. The highest BCUT2D eigenvalue weighted by Crippen LogP contribution is 2.33. The zero-order valence-corrected chi connectivity index (χ0v) is 18.7. The summed E-state index contributed by atoms with van der Waals surface area (Å²) in [6, 6.07) is 11.5. The van der Waals surface area contributed by atoms with Crippen LogP contribution in [-0.4, -0.2) is 28.0 Å². The van der Waals surface area contributed by atoms with Crippen LogP contribution in [0.2, 0.25) is 0 Å². The summed E-state index contributed by atoms with van der Waals surface area (Å²) in [5.41, 5.74) is -0.190. The van der Waals surface area contributed by atoms with Gasteiger partial charge in [0.05, 0.1) is 16.8 Å². The molecule has 2 N–H and O–H groups in total. The van der Waals surface area contributed by atoms with Crippen LogP contribution in [0.15, 0.2) is 64.6 Å². The van der Waals surface area contributed by atoms with Crippen LogP contribution < -0.4 is 10.2 Å². The second kappa shape index (κ2) is 8.84. The van der Waals surface area contributed by atoms with Crippen molar-refractivity contribution in [1.29, 1.82) is 0 Å². The Hall–Kier alpha value is -4.25. The van der Waals surface area contributed by atoms with E-state index in [1.807, 2.05) is 0 Å². The highest BCUT2D eigenvalue weighted by atomic mass is 32.1. The predicted molar refractivity (Wildman–Crippen MR) is 123 cm³/mol. The summed E-state index contributed by atoms with van der Waals surface area (Å²) in [6.45, 7) is 1.70. The molecule has 0 atom stereocenters. The van der Waals surface area contributed by atoms with Crippen LogP contribution in [0.3, 0.4) is 0 Å². The summed E-state index contributed by atoms with van der Waals surface area (Å²) in [7, 11) is 0. The largest absolute Gasteiger partial charge is 0.478 e. The third-order valence-electron chi connectivity index (χ3n) is 5.19. The molecule has 3 aromatic rings. The number of furan rings is 1. The van der Waals surface area contributed by atoms with Crippen molar-refractivity contribution >= 4 is 46.9 Å². The number of hydrogen-bond donors (Lipinski definition) is 2. The molecular formula is C24H15F3N2O5S. The van der Waals surface area contributed by atoms with Crippen molar-refractivity contribution in [3.05, 3.63) is 82.6 Å². The number of halogens is 3. The number of carboxylic acid groups (broad SMARTS) is 1. The predicted octanol–water partition coefficient (Wildman–Crippen LogP) is 4.80. The summed E-state index contributed by atoms with van der Waals surface area (Å²) in [4.78, 5) is 37.5. The fourth-order valence-corrected chi connectivity index (χ4v) is 3.78. The van der Waals surface area contributed by atoms with Gasteiger partial charge >= 0.3 is 12.1 Å². The zero-order valence-electron chi connectivity index (χ0n) is 17.8. The number of carbonyl (C=O) groups is 3. The van der Waals surface area contributed by atoms with E-state index in [1.54, 1.807) is 19.1 Å². The van der Waals surface area contributed by atoms with Gasteiger partial charge < -0.3 is 9.52 Å². The molecule has 2 amide bonds. The molecule has 0 spiro atoms. The average molecular weight is 500 g/mol. The topological polar surface area (TPSA) is 99.8 Å². The molecule has 2 heterocycles. The fourth-order valence-electron chi connectivity index (χ4n) is 3.50. The van der Waals surface area contributed by atoms with E-state index in [9.17, 15) is 27.6 Å². The Morgan fingerprint density at radius 2 is 1.86 bits per heavy atom. The van der Waals surface area contributed by atoms with Crippen LogP contribution in [-0.2, 0) is 15.8 Å². The Balaban J connectivity index is 1.67. The fraction of sp³-hybridized carbons (Fsp3) is 0.0833. The van der Waals surface area contributed by atoms with Crippen molar-refractivity contribution in [2.24, 2.45) is 0 Å². The third-order valence-corrected chi connectivity index (χ3v) is 5.47. The Morgan fingerprint density at radius 1 is 1.11 bits per heavy atom. The number of hydrogen-bond acceptors (Lipinski definition) is 5. The van der Waals surface area contributed by atoms with E-state index < -0.39 is 35.1 Å². The number of amides is 2. The van der Waals surface area contributed by atoms with Gasteiger partial charge in [0.15, 0.2) is 5.11 Å². The Bertz CT molecular complexity index is 1420. The lowest BCUT2D eigenvalue weighted by Gasteiger charge is -2.29. The van der Waals surface area contributed by atoms with Crippen molar-refractivity contribution in [3.63, 3.8) is 0 Å². The minimum absolute atomic E-state index is 0.107. The van der Waals surface area contributed by atoms with E-state index in [4.69, 9.17) is 21.7 Å². The van der Waals surface area contributed by atoms with Crippen molar-refractivity contribution in [2.75, 3.05) is 4.90 Å². The number of carboxylic acids is 1. The first-order valence-corrected chi connectivity index (χ1v) is 10.4. The SMILES string of the molecule is Cc1cc(C(=O)O)ccc1-c1ccc(/C=C2\C(=O)NC(=S)N(c3cccc(C(F)(F)F)c3)C2=O)o1. The molecular weight excluding hydrogens is 485 g/mol. The molecule has 178 valence electrons. The van der Waals surface area contributed by atoms with Crippen molar-refractivity contribution in [1.82, 2.24) is 5.32 Å². The number of carbonyl (C=O) groups excluding carboxylic acids is 2. The quantitative estimate of drug-likeness (QED) is 0.303. The van der Waals surface area contributed by atoms with E-state index in [0.717, 1.165) is 29.2 Å². The molecule has 0 unspecified atom stereocenters. The molecule has 1 aromatic heterocycles. The van der Waals surface area contributed by atoms with Gasteiger partial charge in [-0.25, -0.2) is 4.79 Å². The summed E-state index contributed by atoms with van der Waals surface area (Å²) >= 11 is 5.03. The number of anilines is 1. The lowest BCUT2D eigenvalue weighted by atomic mass is 10.0. The van der Waals surface area contributed by atoms with Gasteiger partial charge in [0.25, 0.3) is 11.8 Å². The highest BCUT2D eigenvalue weighted by Gasteiger charge is 2.36. The van der Waals surface area contributed by atoms with Crippen LogP contribution >= 0.6 is 12.2 Å². The molecule has 0 aliphatic carbocycles. The van der Waals surface area contributed by atoms with Gasteiger partial charge in [0, 0.05) is 5.56 Å². The summed E-state index contributed by atoms with van der Waals surface area (Å²) < 4.78 is 45.1. The van der Waals surface area contributed by atoms with Crippen molar-refractivity contribution in [2.45, 2.75) is 13.1 Å². The maximum absolute atomic E-state index is 13.1. The van der Waals surface area contributed by atoms with Gasteiger partial charge in [0.1, 0.15) is 17.1 Å². The van der Waals surface area contributed by atoms with Crippen LogP contribution in [0, 0.1) is 6.92 Å². The lowest BCUT2D eigenvalue weighted by Crippen LogP contribution is -2.54. The molecule has 35 heavy (non-hydrogen) atoms. The Kier molecular flexibility index (Phi) is 6.03. The highest BCUT2D eigenvalue weighted by molar-refractivity contribution is 7.80. The minimum atomic E-state index is -4.64. The summed E-state index contributed by atoms with van der Waals surface area (Å²) in [5, 5.41) is 11.1. The van der Waals surface area contributed by atoms with Crippen molar-refractivity contribution < 1.29 is 37.1 Å². The number of aromatic carboxylic acids is 1. The number of alkyl halides is 3. The van der Waals surface area contributed by atoms with Gasteiger partial charge in [-0.05, 0) is 73.2 Å². The first-order chi connectivity index (χ1) is 16.5. The normalized spacial score (nSPS) is 15.5. The third kappa shape index (κ3) is 4.71. The molecule has 4 rings (SSSR count). The number of nitrogens with one attached hydrogen (secondary N) is 1. The smallest absolute Gasteiger partial charge is 0.416 e. The van der Waals surface area contributed by atoms with Gasteiger partial charge in [-0.15, -0.1) is 0 Å². The first-order valence-electron chi connectivity index (χ1n) is 9.98. The summed E-state index contributed by atoms with van der Waals surface area (Å²) in [5.74, 6) is -2.34. The molecule has 1 aliphatic heterocycles. The monoisotopic (exact) mass is 500 g/mol. The average Bonchev–Trinajstić information content (AvgIpc) is 3.24. The molecule has 0 saturated carbocycles. The van der Waals surface area contributed by atoms with Gasteiger partial charge in [-0.3, -0.25) is 19.8 Å². The second-order valence-corrected chi connectivity index (χ2v) is 7.93. The molecule has 1 aliphatic rings. The van der Waals surface area contributed by atoms with Crippen LogP contribution in [0.1, 0.15) is 27.2 Å².